The Kier molecular flexibility index (Phi) is 3.70. The minimum absolute atomic E-state index is 0.145. The number of benzene rings is 2. The van der Waals surface area contributed by atoms with Crippen LogP contribution in [0, 0.1) is 0 Å². The van der Waals surface area contributed by atoms with Gasteiger partial charge in [0.1, 0.15) is 17.1 Å². The molecule has 2 heterocycles. The van der Waals surface area contributed by atoms with E-state index in [0.29, 0.717) is 17.1 Å². The Bertz CT molecular complexity index is 1050. The molecule has 2 aromatic carbocycles. The van der Waals surface area contributed by atoms with Crippen molar-refractivity contribution in [3.63, 3.8) is 0 Å². The Hall–Kier alpha value is -3.54. The van der Waals surface area contributed by atoms with Crippen LogP contribution in [0.25, 0.3) is 33.4 Å². The number of nitrogen functional groups attached to an aromatic ring is 1. The third kappa shape index (κ3) is 2.85. The largest absolute Gasteiger partial charge is 0.495 e. The molecule has 0 unspecified atom stereocenters. The molecular formula is C19H15N5O. The lowest BCUT2D eigenvalue weighted by atomic mass is 10.0. The number of hydrogen-bond acceptors (Lipinski definition) is 6. The van der Waals surface area contributed by atoms with E-state index in [4.69, 9.17) is 10.5 Å². The van der Waals surface area contributed by atoms with Crippen molar-refractivity contribution in [3.05, 3.63) is 60.8 Å². The fourth-order valence-corrected chi connectivity index (χ4v) is 2.70. The smallest absolute Gasteiger partial charge is 0.240 e. The zero-order valence-corrected chi connectivity index (χ0v) is 13.5. The zero-order chi connectivity index (χ0) is 17.2. The van der Waals surface area contributed by atoms with Crippen molar-refractivity contribution in [2.75, 3.05) is 12.8 Å². The van der Waals surface area contributed by atoms with Gasteiger partial charge < -0.3 is 10.5 Å². The van der Waals surface area contributed by atoms with E-state index in [1.807, 2.05) is 54.6 Å². The maximum Gasteiger partial charge on any atom is 0.240 e. The molecular weight excluding hydrogens is 314 g/mol. The highest BCUT2D eigenvalue weighted by atomic mass is 16.5. The van der Waals surface area contributed by atoms with E-state index >= 15 is 0 Å². The molecule has 122 valence electrons. The molecule has 0 amide bonds. The second-order valence-corrected chi connectivity index (χ2v) is 5.52. The van der Waals surface area contributed by atoms with Crippen LogP contribution in [0.1, 0.15) is 0 Å². The maximum atomic E-state index is 5.76. The summed E-state index contributed by atoms with van der Waals surface area (Å²) in [6.07, 6.45) is 1.70. The fourth-order valence-electron chi connectivity index (χ4n) is 2.70. The quantitative estimate of drug-likeness (QED) is 0.620. The summed E-state index contributed by atoms with van der Waals surface area (Å²) in [5.41, 5.74) is 9.83. The highest BCUT2D eigenvalue weighted by Gasteiger charge is 2.13. The summed E-state index contributed by atoms with van der Waals surface area (Å²) in [7, 11) is 1.62. The Morgan fingerprint density at radius 2 is 1.72 bits per heavy atom. The van der Waals surface area contributed by atoms with Crippen molar-refractivity contribution in [1.29, 1.82) is 0 Å². The number of methoxy groups -OCH3 is 1. The number of hydrogen-bond donors (Lipinski definition) is 1. The summed E-state index contributed by atoms with van der Waals surface area (Å²) in [5.74, 6) is 0.848. The number of aromatic nitrogens is 4. The van der Waals surface area contributed by atoms with Crippen molar-refractivity contribution in [2.45, 2.75) is 0 Å². The average Bonchev–Trinajstić information content (AvgIpc) is 2.67. The van der Waals surface area contributed by atoms with Crippen LogP contribution in [-0.2, 0) is 0 Å². The van der Waals surface area contributed by atoms with Gasteiger partial charge >= 0.3 is 0 Å². The van der Waals surface area contributed by atoms with Gasteiger partial charge in [0.05, 0.1) is 18.8 Å². The van der Waals surface area contributed by atoms with Crippen LogP contribution in [-0.4, -0.2) is 27.3 Å². The van der Waals surface area contributed by atoms with Gasteiger partial charge in [-0.2, -0.15) is 0 Å². The first-order valence-electron chi connectivity index (χ1n) is 7.74. The van der Waals surface area contributed by atoms with Crippen molar-refractivity contribution < 1.29 is 4.74 Å². The number of fused-ring (bicyclic) bond motifs is 1. The molecule has 0 bridgehead atoms. The molecule has 0 aliphatic carbocycles. The van der Waals surface area contributed by atoms with Gasteiger partial charge in [0, 0.05) is 16.5 Å². The maximum absolute atomic E-state index is 5.76. The first-order chi connectivity index (χ1) is 12.2. The zero-order valence-electron chi connectivity index (χ0n) is 13.5. The summed E-state index contributed by atoms with van der Waals surface area (Å²) in [5, 5.41) is 9.17. The third-order valence-electron chi connectivity index (χ3n) is 3.92. The lowest BCUT2D eigenvalue weighted by molar-refractivity contribution is 0.414. The molecule has 4 aromatic rings. The summed E-state index contributed by atoms with van der Waals surface area (Å²) in [6.45, 7) is 0. The second-order valence-electron chi connectivity index (χ2n) is 5.52. The van der Waals surface area contributed by atoms with Gasteiger partial charge in [0.2, 0.25) is 5.95 Å². The summed E-state index contributed by atoms with van der Waals surface area (Å²) < 4.78 is 5.26. The lowest BCUT2D eigenvalue weighted by Crippen LogP contribution is -2.02. The highest BCUT2D eigenvalue weighted by Crippen LogP contribution is 2.31. The molecule has 6 heteroatoms. The molecule has 2 N–H and O–H groups in total. The van der Waals surface area contributed by atoms with Gasteiger partial charge in [-0.3, -0.25) is 4.98 Å². The van der Waals surface area contributed by atoms with Crippen LogP contribution < -0.4 is 10.5 Å². The minimum atomic E-state index is 0.145. The lowest BCUT2D eigenvalue weighted by Gasteiger charge is -2.09. The van der Waals surface area contributed by atoms with Crippen LogP contribution in [0.2, 0.25) is 0 Å². The number of nitrogens with zero attached hydrogens (tertiary/aromatic N) is 4. The predicted molar refractivity (Wildman–Crippen MR) is 97.0 cm³/mol. The third-order valence-corrected chi connectivity index (χ3v) is 3.92. The van der Waals surface area contributed by atoms with E-state index in [9.17, 15) is 0 Å². The minimum Gasteiger partial charge on any atom is -0.495 e. The number of anilines is 1. The van der Waals surface area contributed by atoms with Crippen molar-refractivity contribution in [3.8, 4) is 28.3 Å². The SMILES string of the molecule is COc1cnc2ccc(-c3nnc(N)nc3-c3ccccc3)cc2c1. The molecule has 0 spiro atoms. The Labute approximate surface area is 144 Å². The molecule has 6 nitrogen and oxygen atoms in total. The van der Waals surface area contributed by atoms with Crippen LogP contribution in [0.4, 0.5) is 5.95 Å². The van der Waals surface area contributed by atoms with E-state index < -0.39 is 0 Å². The Morgan fingerprint density at radius 3 is 2.52 bits per heavy atom. The van der Waals surface area contributed by atoms with Gasteiger partial charge in [0.25, 0.3) is 0 Å². The van der Waals surface area contributed by atoms with Crippen molar-refractivity contribution >= 4 is 16.9 Å². The average molecular weight is 329 g/mol. The van der Waals surface area contributed by atoms with E-state index in [1.165, 1.54) is 0 Å². The monoisotopic (exact) mass is 329 g/mol. The first kappa shape index (κ1) is 15.0. The topological polar surface area (TPSA) is 86.8 Å². The van der Waals surface area contributed by atoms with Crippen molar-refractivity contribution in [2.24, 2.45) is 0 Å². The standard InChI is InChI=1S/C19H15N5O/c1-25-15-10-14-9-13(7-8-16(14)21-11-15)18-17(22-19(20)24-23-18)12-5-3-2-4-6-12/h2-11H,1H3,(H2,20,22,24). The number of rotatable bonds is 3. The van der Waals surface area contributed by atoms with Crippen LogP contribution in [0.5, 0.6) is 5.75 Å². The summed E-state index contributed by atoms with van der Waals surface area (Å²) >= 11 is 0. The molecule has 0 radical (unpaired) electrons. The molecule has 0 atom stereocenters. The highest BCUT2D eigenvalue weighted by molar-refractivity contribution is 5.87. The summed E-state index contributed by atoms with van der Waals surface area (Å²) in [4.78, 5) is 8.78. The fraction of sp³-hybridized carbons (Fsp3) is 0.0526. The molecule has 25 heavy (non-hydrogen) atoms. The first-order valence-corrected chi connectivity index (χ1v) is 7.74. The van der Waals surface area contributed by atoms with Gasteiger partial charge in [0.15, 0.2) is 0 Å². The van der Waals surface area contributed by atoms with E-state index in [-0.39, 0.29) is 5.95 Å². The number of pyridine rings is 1. The van der Waals surface area contributed by atoms with Crippen LogP contribution in [0.15, 0.2) is 60.8 Å². The van der Waals surface area contributed by atoms with Gasteiger partial charge in [-0.05, 0) is 18.2 Å². The van der Waals surface area contributed by atoms with E-state index in [1.54, 1.807) is 13.3 Å². The van der Waals surface area contributed by atoms with Crippen LogP contribution >= 0.6 is 0 Å². The van der Waals surface area contributed by atoms with Crippen molar-refractivity contribution in [1.82, 2.24) is 20.2 Å². The van der Waals surface area contributed by atoms with E-state index in [2.05, 4.69) is 20.2 Å². The van der Waals surface area contributed by atoms with Crippen LogP contribution in [0.3, 0.4) is 0 Å². The molecule has 0 aliphatic rings. The second kappa shape index (κ2) is 6.16. The van der Waals surface area contributed by atoms with Gasteiger partial charge in [-0.25, -0.2) is 4.98 Å². The number of ether oxygens (including phenoxy) is 1. The number of nitrogens with two attached hydrogens (primary N) is 1. The van der Waals surface area contributed by atoms with Gasteiger partial charge in [-0.1, -0.05) is 36.4 Å². The Balaban J connectivity index is 1.91. The predicted octanol–water partition coefficient (Wildman–Crippen LogP) is 3.34. The van der Waals surface area contributed by atoms with Gasteiger partial charge in [-0.15, -0.1) is 10.2 Å². The summed E-state index contributed by atoms with van der Waals surface area (Å²) in [6, 6.07) is 17.6. The molecule has 0 saturated heterocycles. The molecule has 4 rings (SSSR count). The Morgan fingerprint density at radius 1 is 0.880 bits per heavy atom. The normalized spacial score (nSPS) is 10.8. The molecule has 2 aromatic heterocycles. The van der Waals surface area contributed by atoms with E-state index in [0.717, 1.165) is 22.0 Å². The molecule has 0 fully saturated rings. The molecule has 0 aliphatic heterocycles. The molecule has 0 saturated carbocycles.